The van der Waals surface area contributed by atoms with Gasteiger partial charge in [-0.25, -0.2) is 4.90 Å². The molecule has 5 nitrogen and oxygen atoms in total. The van der Waals surface area contributed by atoms with E-state index in [0.29, 0.717) is 16.3 Å². The summed E-state index contributed by atoms with van der Waals surface area (Å²) < 4.78 is 41.0. The zero-order valence-corrected chi connectivity index (χ0v) is 17.6. The van der Waals surface area contributed by atoms with Crippen LogP contribution >= 0.6 is 11.3 Å². The van der Waals surface area contributed by atoms with E-state index in [4.69, 9.17) is 0 Å². The highest BCUT2D eigenvalue weighted by molar-refractivity contribution is 7.11. The summed E-state index contributed by atoms with van der Waals surface area (Å²) >= 11 is 1.31. The topological polar surface area (TPSA) is 58.6 Å². The maximum absolute atomic E-state index is 13.3. The molecule has 0 radical (unpaired) electrons. The van der Waals surface area contributed by atoms with Crippen molar-refractivity contribution in [1.29, 1.82) is 0 Å². The summed E-state index contributed by atoms with van der Waals surface area (Å²) in [5.74, 6) is -1.40. The van der Waals surface area contributed by atoms with Gasteiger partial charge in [0.05, 0.1) is 11.3 Å². The average molecular weight is 458 g/mol. The van der Waals surface area contributed by atoms with Gasteiger partial charge in [0.15, 0.2) is 0 Å². The van der Waals surface area contributed by atoms with Gasteiger partial charge in [-0.05, 0) is 59.8 Å². The van der Waals surface area contributed by atoms with Crippen LogP contribution in [0.5, 0.6) is 5.75 Å². The predicted molar refractivity (Wildman–Crippen MR) is 116 cm³/mol. The minimum atomic E-state index is -4.80. The molecule has 3 aromatic rings. The molecule has 9 heteroatoms. The van der Waals surface area contributed by atoms with Gasteiger partial charge < -0.3 is 10.1 Å². The molecule has 0 fully saturated rings. The highest BCUT2D eigenvalue weighted by atomic mass is 32.1. The number of halogens is 3. The number of imide groups is 1. The van der Waals surface area contributed by atoms with Crippen LogP contribution in [0.15, 0.2) is 71.7 Å². The lowest BCUT2D eigenvalue weighted by Crippen LogP contribution is -2.32. The van der Waals surface area contributed by atoms with Crippen LogP contribution in [0, 0.1) is 0 Å². The minimum Gasteiger partial charge on any atom is -0.406 e. The molecule has 0 spiro atoms. The number of aryl methyl sites for hydroxylation is 1. The zero-order valence-electron chi connectivity index (χ0n) is 16.8. The molecule has 4 rings (SSSR count). The molecule has 2 amide bonds. The minimum absolute atomic E-state index is 0.0570. The van der Waals surface area contributed by atoms with Gasteiger partial charge in [-0.2, -0.15) is 0 Å². The van der Waals surface area contributed by atoms with Crippen molar-refractivity contribution in [3.8, 4) is 5.75 Å². The van der Waals surface area contributed by atoms with Crippen molar-refractivity contribution in [2.24, 2.45) is 0 Å². The van der Waals surface area contributed by atoms with Gasteiger partial charge in [-0.1, -0.05) is 25.1 Å². The van der Waals surface area contributed by atoms with E-state index in [2.05, 4.69) is 10.1 Å². The fourth-order valence-electron chi connectivity index (χ4n) is 3.29. The summed E-state index contributed by atoms with van der Waals surface area (Å²) in [4.78, 5) is 28.2. The number of amides is 2. The SMILES string of the molecule is CCc1ccc(N2C(=O)C(Nc3ccc(OC(F)(F)F)cc3)=C(c3cccs3)C2=O)cc1. The molecule has 0 bridgehead atoms. The molecular formula is C23H17F3N2O3S. The second-order valence-corrected chi connectivity index (χ2v) is 7.84. The number of nitrogens with one attached hydrogen (secondary N) is 1. The van der Waals surface area contributed by atoms with E-state index in [9.17, 15) is 22.8 Å². The quantitative estimate of drug-likeness (QED) is 0.488. The Balaban J connectivity index is 1.67. The summed E-state index contributed by atoms with van der Waals surface area (Å²) in [7, 11) is 0. The highest BCUT2D eigenvalue weighted by Gasteiger charge is 2.40. The molecule has 0 saturated carbocycles. The van der Waals surface area contributed by atoms with E-state index in [0.717, 1.165) is 29.0 Å². The van der Waals surface area contributed by atoms with Gasteiger partial charge in [-0.3, -0.25) is 9.59 Å². The third-order valence-corrected chi connectivity index (χ3v) is 5.70. The first-order chi connectivity index (χ1) is 15.3. The molecule has 1 N–H and O–H groups in total. The first-order valence-corrected chi connectivity index (χ1v) is 10.5. The number of hydrogen-bond acceptors (Lipinski definition) is 5. The van der Waals surface area contributed by atoms with Crippen molar-refractivity contribution in [3.05, 3.63) is 82.2 Å². The molecule has 0 aliphatic carbocycles. The smallest absolute Gasteiger partial charge is 0.406 e. The number of rotatable bonds is 6. The first kappa shape index (κ1) is 21.6. The molecule has 1 aliphatic rings. The van der Waals surface area contributed by atoms with Crippen molar-refractivity contribution in [2.75, 3.05) is 10.2 Å². The summed E-state index contributed by atoms with van der Waals surface area (Å²) in [6, 6.07) is 15.6. The number of nitrogens with zero attached hydrogens (tertiary/aromatic N) is 1. The fraction of sp³-hybridized carbons (Fsp3) is 0.130. The molecule has 1 aromatic heterocycles. The van der Waals surface area contributed by atoms with Crippen molar-refractivity contribution in [3.63, 3.8) is 0 Å². The van der Waals surface area contributed by atoms with Crippen LogP contribution in [-0.4, -0.2) is 18.2 Å². The number of carbonyl (C=O) groups is 2. The van der Waals surface area contributed by atoms with Crippen LogP contribution in [-0.2, 0) is 16.0 Å². The average Bonchev–Trinajstić information content (AvgIpc) is 3.35. The van der Waals surface area contributed by atoms with Gasteiger partial charge in [0, 0.05) is 10.6 Å². The number of carbonyl (C=O) groups excluding carboxylic acids is 2. The van der Waals surface area contributed by atoms with E-state index < -0.39 is 18.2 Å². The molecule has 2 aromatic carbocycles. The molecule has 0 atom stereocenters. The third kappa shape index (κ3) is 4.38. The van der Waals surface area contributed by atoms with E-state index >= 15 is 0 Å². The number of alkyl halides is 3. The van der Waals surface area contributed by atoms with Crippen LogP contribution in [0.1, 0.15) is 17.4 Å². The zero-order chi connectivity index (χ0) is 22.9. The lowest BCUT2D eigenvalue weighted by Gasteiger charge is -2.16. The Morgan fingerprint density at radius 1 is 0.969 bits per heavy atom. The second-order valence-electron chi connectivity index (χ2n) is 6.89. The second kappa shape index (κ2) is 8.51. The van der Waals surface area contributed by atoms with Gasteiger partial charge in [0.25, 0.3) is 11.8 Å². The Kier molecular flexibility index (Phi) is 5.75. The van der Waals surface area contributed by atoms with Crippen LogP contribution < -0.4 is 15.0 Å². The number of hydrogen-bond donors (Lipinski definition) is 1. The molecule has 32 heavy (non-hydrogen) atoms. The molecule has 0 unspecified atom stereocenters. The number of ether oxygens (including phenoxy) is 1. The third-order valence-electron chi connectivity index (χ3n) is 4.81. The van der Waals surface area contributed by atoms with Crippen LogP contribution in [0.2, 0.25) is 0 Å². The Bertz CT molecular complexity index is 1170. The molecule has 1 aliphatic heterocycles. The van der Waals surface area contributed by atoms with E-state index in [1.807, 2.05) is 19.1 Å². The van der Waals surface area contributed by atoms with Crippen molar-refractivity contribution < 1.29 is 27.5 Å². The lowest BCUT2D eigenvalue weighted by molar-refractivity contribution is -0.274. The predicted octanol–water partition coefficient (Wildman–Crippen LogP) is 5.61. The van der Waals surface area contributed by atoms with Gasteiger partial charge in [0.1, 0.15) is 11.4 Å². The Morgan fingerprint density at radius 2 is 1.66 bits per heavy atom. The summed E-state index contributed by atoms with van der Waals surface area (Å²) in [6.07, 6.45) is -3.98. The van der Waals surface area contributed by atoms with Gasteiger partial charge in [0.2, 0.25) is 0 Å². The normalized spacial score (nSPS) is 14.3. The molecular weight excluding hydrogens is 441 g/mol. The van der Waals surface area contributed by atoms with Crippen LogP contribution in [0.4, 0.5) is 24.5 Å². The first-order valence-electron chi connectivity index (χ1n) is 9.65. The number of thiophene rings is 1. The standard InChI is InChI=1S/C23H17F3N2O3S/c1-2-14-5-9-16(10-6-14)28-21(29)19(18-4-3-13-32-18)20(22(28)30)27-15-7-11-17(12-8-15)31-23(24,25)26/h3-13,27H,2H2,1H3. The van der Waals surface area contributed by atoms with E-state index in [-0.39, 0.29) is 17.0 Å². The van der Waals surface area contributed by atoms with Crippen molar-refractivity contribution in [2.45, 2.75) is 19.7 Å². The maximum atomic E-state index is 13.3. The Hall–Kier alpha value is -3.59. The fourth-order valence-corrected chi connectivity index (χ4v) is 4.06. The van der Waals surface area contributed by atoms with E-state index in [1.165, 1.54) is 23.5 Å². The van der Waals surface area contributed by atoms with Crippen molar-refractivity contribution in [1.82, 2.24) is 0 Å². The number of anilines is 2. The van der Waals surface area contributed by atoms with Gasteiger partial charge in [-0.15, -0.1) is 24.5 Å². The van der Waals surface area contributed by atoms with E-state index in [1.54, 1.807) is 29.6 Å². The monoisotopic (exact) mass is 458 g/mol. The Labute approximate surface area is 185 Å². The largest absolute Gasteiger partial charge is 0.573 e. The molecule has 2 heterocycles. The van der Waals surface area contributed by atoms with Crippen molar-refractivity contribution >= 4 is 40.1 Å². The highest BCUT2D eigenvalue weighted by Crippen LogP contribution is 2.36. The summed E-state index contributed by atoms with van der Waals surface area (Å²) in [6.45, 7) is 2.00. The lowest BCUT2D eigenvalue weighted by atomic mass is 10.1. The summed E-state index contributed by atoms with van der Waals surface area (Å²) in [5.41, 5.74) is 2.12. The molecule has 164 valence electrons. The number of benzene rings is 2. The molecule has 0 saturated heterocycles. The maximum Gasteiger partial charge on any atom is 0.573 e. The Morgan fingerprint density at radius 3 is 2.22 bits per heavy atom. The van der Waals surface area contributed by atoms with Gasteiger partial charge >= 0.3 is 6.36 Å². The van der Waals surface area contributed by atoms with Crippen LogP contribution in [0.25, 0.3) is 5.57 Å². The summed E-state index contributed by atoms with van der Waals surface area (Å²) in [5, 5.41) is 4.70. The van der Waals surface area contributed by atoms with Crippen LogP contribution in [0.3, 0.4) is 0 Å².